The van der Waals surface area contributed by atoms with Crippen LogP contribution >= 0.6 is 0 Å². The monoisotopic (exact) mass is 276 g/mol. The van der Waals surface area contributed by atoms with Gasteiger partial charge in [0.15, 0.2) is 5.78 Å². The van der Waals surface area contributed by atoms with Crippen molar-refractivity contribution in [2.75, 3.05) is 31.6 Å². The van der Waals surface area contributed by atoms with Gasteiger partial charge in [-0.25, -0.2) is 0 Å². The molecule has 5 nitrogen and oxygen atoms in total. The highest BCUT2D eigenvalue weighted by Gasteiger charge is 2.23. The van der Waals surface area contributed by atoms with Gasteiger partial charge in [-0.05, 0) is 38.1 Å². The Balaban J connectivity index is 1.94. The first-order valence-corrected chi connectivity index (χ1v) is 6.81. The number of benzene rings is 1. The minimum atomic E-state index is -0.189. The van der Waals surface area contributed by atoms with Crippen molar-refractivity contribution in [2.45, 2.75) is 19.9 Å². The second kappa shape index (κ2) is 6.63. The zero-order valence-corrected chi connectivity index (χ0v) is 11.9. The Kier molecular flexibility index (Phi) is 4.87. The summed E-state index contributed by atoms with van der Waals surface area (Å²) in [6.07, 6.45) is 0. The molecule has 5 heteroatoms. The third kappa shape index (κ3) is 3.65. The van der Waals surface area contributed by atoms with Gasteiger partial charge in [-0.1, -0.05) is 0 Å². The van der Waals surface area contributed by atoms with E-state index in [9.17, 15) is 9.59 Å². The summed E-state index contributed by atoms with van der Waals surface area (Å²) in [5.41, 5.74) is 1.35. The molecule has 0 saturated carbocycles. The van der Waals surface area contributed by atoms with Crippen molar-refractivity contribution in [3.8, 4) is 0 Å². The van der Waals surface area contributed by atoms with Crippen LogP contribution in [-0.2, 0) is 9.53 Å². The summed E-state index contributed by atoms with van der Waals surface area (Å²) in [6.45, 7) is 6.31. The molecule has 1 aliphatic heterocycles. The minimum Gasteiger partial charge on any atom is -0.379 e. The molecule has 0 aliphatic carbocycles. The molecule has 1 amide bonds. The highest BCUT2D eigenvalue weighted by atomic mass is 16.5. The summed E-state index contributed by atoms with van der Waals surface area (Å²) >= 11 is 0. The molecular formula is C15H20N2O3. The summed E-state index contributed by atoms with van der Waals surface area (Å²) in [7, 11) is 0. The van der Waals surface area contributed by atoms with E-state index in [0.29, 0.717) is 24.5 Å². The van der Waals surface area contributed by atoms with Gasteiger partial charge in [0, 0.05) is 24.3 Å². The van der Waals surface area contributed by atoms with Crippen LogP contribution in [0.4, 0.5) is 5.69 Å². The fourth-order valence-corrected chi connectivity index (χ4v) is 2.17. The molecule has 0 aromatic heterocycles. The first-order chi connectivity index (χ1) is 9.58. The molecule has 1 aromatic rings. The normalized spacial score (nSPS) is 17.5. The van der Waals surface area contributed by atoms with E-state index in [0.717, 1.165) is 13.1 Å². The van der Waals surface area contributed by atoms with Crippen molar-refractivity contribution in [2.24, 2.45) is 0 Å². The lowest BCUT2D eigenvalue weighted by atomic mass is 10.1. The van der Waals surface area contributed by atoms with Gasteiger partial charge in [-0.15, -0.1) is 0 Å². The summed E-state index contributed by atoms with van der Waals surface area (Å²) in [6, 6.07) is 6.75. The molecule has 108 valence electrons. The van der Waals surface area contributed by atoms with E-state index in [1.54, 1.807) is 24.3 Å². The fraction of sp³-hybridized carbons (Fsp3) is 0.467. The SMILES string of the molecule is CC(=O)c1ccc(NC(=O)[C@H](C)N2CCOCC2)cc1. The van der Waals surface area contributed by atoms with Gasteiger partial charge in [0.1, 0.15) is 0 Å². The summed E-state index contributed by atoms with van der Waals surface area (Å²) in [5.74, 6) is -0.0213. The second-order valence-corrected chi connectivity index (χ2v) is 4.95. The van der Waals surface area contributed by atoms with E-state index >= 15 is 0 Å². The van der Waals surface area contributed by atoms with Gasteiger partial charge in [0.2, 0.25) is 5.91 Å². The van der Waals surface area contributed by atoms with E-state index in [4.69, 9.17) is 4.74 Å². The molecule has 1 fully saturated rings. The van der Waals surface area contributed by atoms with Crippen molar-refractivity contribution in [1.82, 2.24) is 4.90 Å². The number of anilines is 1. The average Bonchev–Trinajstić information content (AvgIpc) is 2.48. The maximum absolute atomic E-state index is 12.2. The first-order valence-electron chi connectivity index (χ1n) is 6.81. The van der Waals surface area contributed by atoms with Crippen LogP contribution in [-0.4, -0.2) is 48.9 Å². The van der Waals surface area contributed by atoms with Crippen molar-refractivity contribution in [3.63, 3.8) is 0 Å². The number of nitrogens with one attached hydrogen (secondary N) is 1. The zero-order valence-electron chi connectivity index (χ0n) is 11.9. The quantitative estimate of drug-likeness (QED) is 0.848. The number of ketones is 1. The number of hydrogen-bond acceptors (Lipinski definition) is 4. The summed E-state index contributed by atoms with van der Waals surface area (Å²) < 4.78 is 5.28. The van der Waals surface area contributed by atoms with Gasteiger partial charge >= 0.3 is 0 Å². The van der Waals surface area contributed by atoms with Gasteiger partial charge in [0.05, 0.1) is 19.3 Å². The lowest BCUT2D eigenvalue weighted by Gasteiger charge is -2.31. The number of ether oxygens (including phenoxy) is 1. The third-order valence-electron chi connectivity index (χ3n) is 3.53. The number of morpholine rings is 1. The van der Waals surface area contributed by atoms with E-state index < -0.39 is 0 Å². The Morgan fingerprint density at radius 2 is 1.80 bits per heavy atom. The Bertz CT molecular complexity index is 478. The predicted octanol–water partition coefficient (Wildman–Crippen LogP) is 1.55. The van der Waals surface area contributed by atoms with Crippen LogP contribution in [0.1, 0.15) is 24.2 Å². The highest BCUT2D eigenvalue weighted by molar-refractivity contribution is 5.96. The van der Waals surface area contributed by atoms with E-state index in [1.165, 1.54) is 6.92 Å². The highest BCUT2D eigenvalue weighted by Crippen LogP contribution is 2.12. The van der Waals surface area contributed by atoms with Crippen LogP contribution in [0.3, 0.4) is 0 Å². The van der Waals surface area contributed by atoms with Gasteiger partial charge in [-0.3, -0.25) is 14.5 Å². The Hall–Kier alpha value is -1.72. The molecule has 20 heavy (non-hydrogen) atoms. The maximum Gasteiger partial charge on any atom is 0.241 e. The van der Waals surface area contributed by atoms with Crippen LogP contribution in [0.25, 0.3) is 0 Å². The molecule has 1 heterocycles. The zero-order chi connectivity index (χ0) is 14.5. The molecule has 0 unspecified atom stereocenters. The summed E-state index contributed by atoms with van der Waals surface area (Å²) in [5, 5.41) is 2.87. The van der Waals surface area contributed by atoms with Crippen LogP contribution in [0.15, 0.2) is 24.3 Å². The Morgan fingerprint density at radius 3 is 2.35 bits per heavy atom. The van der Waals surface area contributed by atoms with Gasteiger partial charge in [0.25, 0.3) is 0 Å². The maximum atomic E-state index is 12.2. The largest absolute Gasteiger partial charge is 0.379 e. The minimum absolute atomic E-state index is 0.0181. The van der Waals surface area contributed by atoms with Crippen molar-refractivity contribution < 1.29 is 14.3 Å². The van der Waals surface area contributed by atoms with Crippen LogP contribution in [0.2, 0.25) is 0 Å². The predicted molar refractivity (Wildman–Crippen MR) is 76.9 cm³/mol. The number of Topliss-reactive ketones (excluding diaryl/α,β-unsaturated/α-hetero) is 1. The first kappa shape index (κ1) is 14.7. The molecule has 1 aliphatic rings. The smallest absolute Gasteiger partial charge is 0.241 e. The fourth-order valence-electron chi connectivity index (χ4n) is 2.17. The van der Waals surface area contributed by atoms with E-state index in [-0.39, 0.29) is 17.7 Å². The van der Waals surface area contributed by atoms with Crippen LogP contribution in [0, 0.1) is 0 Å². The lowest BCUT2D eigenvalue weighted by molar-refractivity contribution is -0.122. The van der Waals surface area contributed by atoms with Crippen molar-refractivity contribution >= 4 is 17.4 Å². The molecule has 2 rings (SSSR count). The number of amides is 1. The number of hydrogen-bond donors (Lipinski definition) is 1. The topological polar surface area (TPSA) is 58.6 Å². The van der Waals surface area contributed by atoms with Gasteiger partial charge < -0.3 is 10.1 Å². The van der Waals surface area contributed by atoms with Crippen LogP contribution < -0.4 is 5.32 Å². The third-order valence-corrected chi connectivity index (χ3v) is 3.53. The molecule has 1 saturated heterocycles. The van der Waals surface area contributed by atoms with Crippen molar-refractivity contribution in [1.29, 1.82) is 0 Å². The molecule has 1 N–H and O–H groups in total. The standard InChI is InChI=1S/C15H20N2O3/c1-11(17-7-9-20-10-8-17)15(19)16-14-5-3-13(4-6-14)12(2)18/h3-6,11H,7-10H2,1-2H3,(H,16,19)/t11-/m0/s1. The molecule has 1 atom stereocenters. The van der Waals surface area contributed by atoms with Crippen molar-refractivity contribution in [3.05, 3.63) is 29.8 Å². The number of carbonyl (C=O) groups is 2. The Morgan fingerprint density at radius 1 is 1.20 bits per heavy atom. The van der Waals surface area contributed by atoms with Gasteiger partial charge in [-0.2, -0.15) is 0 Å². The molecule has 0 bridgehead atoms. The molecule has 0 radical (unpaired) electrons. The lowest BCUT2D eigenvalue weighted by Crippen LogP contribution is -2.47. The molecule has 0 spiro atoms. The number of rotatable bonds is 4. The summed E-state index contributed by atoms with van der Waals surface area (Å²) in [4.78, 5) is 25.5. The Labute approximate surface area is 118 Å². The van der Waals surface area contributed by atoms with Crippen LogP contribution in [0.5, 0.6) is 0 Å². The number of carbonyl (C=O) groups excluding carboxylic acids is 2. The molecular weight excluding hydrogens is 256 g/mol. The number of nitrogens with zero attached hydrogens (tertiary/aromatic N) is 1. The van der Waals surface area contributed by atoms with E-state index in [1.807, 2.05) is 6.92 Å². The molecule has 1 aromatic carbocycles. The second-order valence-electron chi connectivity index (χ2n) is 4.95. The average molecular weight is 276 g/mol. The van der Waals surface area contributed by atoms with E-state index in [2.05, 4.69) is 10.2 Å².